The van der Waals surface area contributed by atoms with Gasteiger partial charge in [-0.15, -0.1) is 0 Å². The second kappa shape index (κ2) is 13.0. The van der Waals surface area contributed by atoms with E-state index >= 15 is 0 Å². The number of phenols is 4. The van der Waals surface area contributed by atoms with Gasteiger partial charge in [-0.05, 0) is 18.2 Å². The Bertz CT molecular complexity index is 1620. The Hall–Kier alpha value is -3.95. The summed E-state index contributed by atoms with van der Waals surface area (Å²) in [6.07, 6.45) is -17.9. The zero-order chi connectivity index (χ0) is 33.6. The zero-order valence-electron chi connectivity index (χ0n) is 23.8. The van der Waals surface area contributed by atoms with Gasteiger partial charge in [0.25, 0.3) is 0 Å². The van der Waals surface area contributed by atoms with E-state index in [0.717, 1.165) is 25.3 Å². The van der Waals surface area contributed by atoms with Crippen LogP contribution in [0.15, 0.2) is 33.5 Å². The summed E-state index contributed by atoms with van der Waals surface area (Å²) in [6.45, 7) is -1.69. The Morgan fingerprint density at radius 1 is 0.739 bits per heavy atom. The fraction of sp³-hybridized carbons (Fsp3) is 0.464. The van der Waals surface area contributed by atoms with Crippen molar-refractivity contribution >= 4 is 11.0 Å². The molecule has 252 valence electrons. The lowest BCUT2D eigenvalue weighted by atomic mass is 9.97. The molecule has 0 unspecified atom stereocenters. The van der Waals surface area contributed by atoms with Crippen molar-refractivity contribution in [2.75, 3.05) is 20.3 Å². The topological polar surface area (TPSA) is 299 Å². The number of phenolic OH excluding ortho intramolecular Hbond substituents is 4. The molecule has 1 aromatic heterocycles. The van der Waals surface area contributed by atoms with E-state index in [1.54, 1.807) is 0 Å². The molecular weight excluding hydrogens is 624 g/mol. The number of aliphatic hydroxyl groups excluding tert-OH is 7. The van der Waals surface area contributed by atoms with E-state index < -0.39 is 126 Å². The maximum Gasteiger partial charge on any atom is 0.239 e. The van der Waals surface area contributed by atoms with Crippen molar-refractivity contribution < 1.29 is 84.3 Å². The van der Waals surface area contributed by atoms with Crippen LogP contribution in [-0.4, -0.2) is 138 Å². The van der Waals surface area contributed by atoms with Crippen LogP contribution < -0.4 is 14.9 Å². The highest BCUT2D eigenvalue weighted by Gasteiger charge is 2.51. The average molecular weight is 657 g/mol. The van der Waals surface area contributed by atoms with Crippen molar-refractivity contribution in [3.8, 4) is 45.8 Å². The Morgan fingerprint density at radius 3 is 2.02 bits per heavy atom. The van der Waals surface area contributed by atoms with Gasteiger partial charge in [0.15, 0.2) is 35.0 Å². The molecule has 11 N–H and O–H groups in total. The van der Waals surface area contributed by atoms with Crippen molar-refractivity contribution in [2.24, 2.45) is 0 Å². The lowest BCUT2D eigenvalue weighted by Crippen LogP contribution is -2.65. The molecule has 46 heavy (non-hydrogen) atoms. The number of methoxy groups -OCH3 is 1. The van der Waals surface area contributed by atoms with Crippen LogP contribution in [0.2, 0.25) is 0 Å². The predicted octanol–water partition coefficient (Wildman–Crippen LogP) is -2.71. The molecule has 10 atom stereocenters. The highest BCUT2D eigenvalue weighted by atomic mass is 16.7. The summed E-state index contributed by atoms with van der Waals surface area (Å²) < 4.78 is 32.8. The third-order valence-corrected chi connectivity index (χ3v) is 7.69. The van der Waals surface area contributed by atoms with Crippen LogP contribution in [0.5, 0.6) is 34.5 Å². The molecule has 2 fully saturated rings. The van der Waals surface area contributed by atoms with Gasteiger partial charge in [-0.2, -0.15) is 0 Å². The Balaban J connectivity index is 1.53. The van der Waals surface area contributed by atoms with Gasteiger partial charge in [-0.3, -0.25) is 4.79 Å². The van der Waals surface area contributed by atoms with Gasteiger partial charge in [0, 0.05) is 11.6 Å². The van der Waals surface area contributed by atoms with E-state index in [2.05, 4.69) is 0 Å². The monoisotopic (exact) mass is 656 g/mol. The first-order valence-electron chi connectivity index (χ1n) is 13.7. The summed E-state index contributed by atoms with van der Waals surface area (Å²) in [6, 6.07) is 4.22. The van der Waals surface area contributed by atoms with Crippen molar-refractivity contribution in [3.63, 3.8) is 0 Å². The van der Waals surface area contributed by atoms with Gasteiger partial charge in [0.05, 0.1) is 20.3 Å². The van der Waals surface area contributed by atoms with Crippen LogP contribution in [-0.2, 0) is 14.2 Å². The van der Waals surface area contributed by atoms with E-state index in [4.69, 9.17) is 28.1 Å². The predicted molar refractivity (Wildman–Crippen MR) is 148 cm³/mol. The maximum absolute atomic E-state index is 13.8. The van der Waals surface area contributed by atoms with Gasteiger partial charge >= 0.3 is 0 Å². The molecule has 0 saturated carbocycles. The van der Waals surface area contributed by atoms with Gasteiger partial charge in [-0.25, -0.2) is 0 Å². The smallest absolute Gasteiger partial charge is 0.239 e. The number of aliphatic hydroxyl groups is 7. The fourth-order valence-corrected chi connectivity index (χ4v) is 5.22. The van der Waals surface area contributed by atoms with E-state index in [1.165, 1.54) is 6.07 Å². The second-order valence-corrected chi connectivity index (χ2v) is 10.6. The molecule has 2 aliphatic heterocycles. The molecule has 0 spiro atoms. The SMILES string of the molecule is COc1c(O)cc2oc(-c3ccc(O)c(O)c3)c(O[C@@H]3O[C@H](CO)[C@H](O[C@@H]4O[C@H](CO)[C@H](O)[C@H](O)[C@H]4O)[C@H](O)[C@H]3O)c(=O)c2c1O. The summed E-state index contributed by atoms with van der Waals surface area (Å²) >= 11 is 0. The van der Waals surface area contributed by atoms with Crippen LogP contribution in [0, 0.1) is 0 Å². The molecule has 3 heterocycles. The molecular formula is C28H32O18. The Morgan fingerprint density at radius 2 is 1.39 bits per heavy atom. The van der Waals surface area contributed by atoms with Crippen LogP contribution in [0.1, 0.15) is 0 Å². The normalized spacial score (nSPS) is 31.6. The van der Waals surface area contributed by atoms with Crippen LogP contribution in [0.4, 0.5) is 0 Å². The highest BCUT2D eigenvalue weighted by Crippen LogP contribution is 2.44. The summed E-state index contributed by atoms with van der Waals surface area (Å²) in [5, 5.41) is 112. The molecule has 0 bridgehead atoms. The third kappa shape index (κ3) is 5.75. The van der Waals surface area contributed by atoms with Gasteiger partial charge in [-0.1, -0.05) is 0 Å². The van der Waals surface area contributed by atoms with Gasteiger partial charge in [0.1, 0.15) is 59.8 Å². The molecule has 0 aliphatic carbocycles. The summed E-state index contributed by atoms with van der Waals surface area (Å²) in [5.74, 6) is -4.32. The standard InChI is InChI=1S/C28H32O18/c1-41-24-11(33)5-12-15(17(24)35)18(36)26(23(42-12)8-2-3-9(31)10(32)4-8)46-28-22(40)20(38)25(14(7-30)44-28)45-27-21(39)19(37)16(34)13(6-29)43-27/h2-5,13-14,16,19-22,25,27-35,37-40H,6-7H2,1H3/t13-,14-,16+,19+,20-,21-,22-,25+,27+,28+/m1/s1. The summed E-state index contributed by atoms with van der Waals surface area (Å²) in [5.41, 5.74) is -1.56. The first-order valence-corrected chi connectivity index (χ1v) is 13.7. The number of hydrogen-bond acceptors (Lipinski definition) is 18. The van der Waals surface area contributed by atoms with Gasteiger partial charge in [0.2, 0.25) is 23.2 Å². The molecule has 18 heteroatoms. The number of fused-ring (bicyclic) bond motifs is 1. The molecule has 3 aromatic rings. The quantitative estimate of drug-likeness (QED) is 0.110. The minimum Gasteiger partial charge on any atom is -0.504 e. The number of ether oxygens (including phenoxy) is 5. The Labute approximate surface area is 257 Å². The van der Waals surface area contributed by atoms with Crippen molar-refractivity contribution in [1.82, 2.24) is 0 Å². The number of rotatable bonds is 8. The maximum atomic E-state index is 13.8. The van der Waals surface area contributed by atoms with Gasteiger partial charge < -0.3 is 84.3 Å². The molecule has 0 amide bonds. The minimum atomic E-state index is -2.07. The lowest BCUT2D eigenvalue weighted by Gasteiger charge is -2.45. The van der Waals surface area contributed by atoms with Crippen molar-refractivity contribution in [2.45, 2.75) is 61.4 Å². The third-order valence-electron chi connectivity index (χ3n) is 7.69. The molecule has 0 radical (unpaired) electrons. The second-order valence-electron chi connectivity index (χ2n) is 10.6. The van der Waals surface area contributed by atoms with E-state index in [9.17, 15) is 61.0 Å². The van der Waals surface area contributed by atoms with E-state index in [-0.39, 0.29) is 11.1 Å². The molecule has 2 saturated heterocycles. The summed E-state index contributed by atoms with van der Waals surface area (Å²) in [7, 11) is 1.11. The molecule has 5 rings (SSSR count). The van der Waals surface area contributed by atoms with E-state index in [0.29, 0.717) is 0 Å². The van der Waals surface area contributed by atoms with Crippen molar-refractivity contribution in [3.05, 3.63) is 34.5 Å². The molecule has 2 aromatic carbocycles. The molecule has 18 nitrogen and oxygen atoms in total. The first kappa shape index (κ1) is 33.4. The lowest BCUT2D eigenvalue weighted by molar-refractivity contribution is -0.352. The number of aromatic hydroxyl groups is 4. The fourth-order valence-electron chi connectivity index (χ4n) is 5.22. The Kier molecular flexibility index (Phi) is 9.47. The summed E-state index contributed by atoms with van der Waals surface area (Å²) in [4.78, 5) is 13.8. The largest absolute Gasteiger partial charge is 0.504 e. The number of hydrogen-bond donors (Lipinski definition) is 11. The number of benzene rings is 2. The van der Waals surface area contributed by atoms with Crippen LogP contribution in [0.3, 0.4) is 0 Å². The van der Waals surface area contributed by atoms with Crippen LogP contribution >= 0.6 is 0 Å². The first-order chi connectivity index (χ1) is 21.8. The highest BCUT2D eigenvalue weighted by molar-refractivity contribution is 5.91. The average Bonchev–Trinajstić information content (AvgIpc) is 3.03. The minimum absolute atomic E-state index is 0.0764. The van der Waals surface area contributed by atoms with E-state index in [1.807, 2.05) is 0 Å². The van der Waals surface area contributed by atoms with Crippen LogP contribution in [0.25, 0.3) is 22.3 Å². The molecule has 2 aliphatic rings. The zero-order valence-corrected chi connectivity index (χ0v) is 23.8. The van der Waals surface area contributed by atoms with Crippen molar-refractivity contribution in [1.29, 1.82) is 0 Å².